The first-order chi connectivity index (χ1) is 8.40. The largest absolute Gasteiger partial charge is 0.311 e. The molecule has 0 amide bonds. The van der Waals surface area contributed by atoms with Crippen LogP contribution in [0.4, 0.5) is 5.69 Å². The highest BCUT2D eigenvalue weighted by atomic mass is 35.5. The number of nitrogens with one attached hydrogen (secondary N) is 1. The third kappa shape index (κ3) is 4.47. The lowest BCUT2D eigenvalue weighted by Gasteiger charge is -2.08. The number of hydrogen-bond donors (Lipinski definition) is 1. The molecule has 0 aliphatic heterocycles. The maximum atomic E-state index is 10.9. The van der Waals surface area contributed by atoms with E-state index >= 15 is 0 Å². The molecule has 0 aliphatic rings. The predicted octanol–water partition coefficient (Wildman–Crippen LogP) is 3.65. The Morgan fingerprint density at radius 1 is 1.56 bits per heavy atom. The molecule has 98 valence electrons. The van der Waals surface area contributed by atoms with Gasteiger partial charge in [0.1, 0.15) is 0 Å². The third-order valence-corrected chi connectivity index (χ3v) is 2.61. The zero-order valence-electron chi connectivity index (χ0n) is 10.7. The fraction of sp³-hybridized carbons (Fsp3) is 0.385. The molecule has 5 heteroatoms. The van der Waals surface area contributed by atoms with Crippen LogP contribution in [0.3, 0.4) is 0 Å². The van der Waals surface area contributed by atoms with Crippen molar-refractivity contribution < 1.29 is 4.92 Å². The molecular formula is C13H17ClN2O2. The minimum Gasteiger partial charge on any atom is -0.311 e. The summed E-state index contributed by atoms with van der Waals surface area (Å²) < 4.78 is 0. The highest BCUT2D eigenvalue weighted by Crippen LogP contribution is 2.24. The van der Waals surface area contributed by atoms with Crippen molar-refractivity contribution in [1.82, 2.24) is 5.32 Å². The quantitative estimate of drug-likeness (QED) is 0.655. The molecule has 1 rings (SSSR count). The molecule has 0 atom stereocenters. The van der Waals surface area contributed by atoms with Gasteiger partial charge in [-0.15, -0.1) is 0 Å². The first-order valence-corrected chi connectivity index (χ1v) is 6.12. The fourth-order valence-electron chi connectivity index (χ4n) is 1.49. The van der Waals surface area contributed by atoms with E-state index in [0.29, 0.717) is 23.2 Å². The summed E-state index contributed by atoms with van der Waals surface area (Å²) in [6.07, 6.45) is 1.79. The first-order valence-electron chi connectivity index (χ1n) is 5.74. The van der Waals surface area contributed by atoms with Gasteiger partial charge in [0.2, 0.25) is 0 Å². The lowest BCUT2D eigenvalue weighted by atomic mass is 10.1. The van der Waals surface area contributed by atoms with Crippen LogP contribution < -0.4 is 5.32 Å². The van der Waals surface area contributed by atoms with Gasteiger partial charge in [-0.1, -0.05) is 31.0 Å². The Hall–Kier alpha value is -1.39. The Kier molecular flexibility index (Phi) is 5.31. The topological polar surface area (TPSA) is 55.2 Å². The summed E-state index contributed by atoms with van der Waals surface area (Å²) in [5.74, 6) is 0. The lowest BCUT2D eigenvalue weighted by molar-refractivity contribution is -0.385. The van der Waals surface area contributed by atoms with E-state index in [9.17, 15) is 10.1 Å². The molecule has 4 nitrogen and oxygen atoms in total. The maximum Gasteiger partial charge on any atom is 0.276 e. The van der Waals surface area contributed by atoms with Crippen molar-refractivity contribution in [2.24, 2.45) is 0 Å². The summed E-state index contributed by atoms with van der Waals surface area (Å²) in [6, 6.07) is 4.94. The SMILES string of the molecule is C/C(=C\c1cc(Cl)ccc1[N+](=O)[O-])CNC(C)C. The smallest absolute Gasteiger partial charge is 0.276 e. The highest BCUT2D eigenvalue weighted by molar-refractivity contribution is 6.30. The molecule has 0 aromatic heterocycles. The standard InChI is InChI=1S/C13H17ClN2O2/c1-9(2)15-8-10(3)6-11-7-12(14)4-5-13(11)16(17)18/h4-7,9,15H,8H2,1-3H3/b10-6+. The summed E-state index contributed by atoms with van der Waals surface area (Å²) in [6.45, 7) is 6.73. The third-order valence-electron chi connectivity index (χ3n) is 2.38. The average Bonchev–Trinajstić information content (AvgIpc) is 2.26. The number of halogens is 1. The van der Waals surface area contributed by atoms with E-state index in [1.807, 2.05) is 6.92 Å². The molecule has 0 saturated carbocycles. The number of nitro groups is 1. The Labute approximate surface area is 112 Å². The predicted molar refractivity (Wildman–Crippen MR) is 74.9 cm³/mol. The minimum absolute atomic E-state index is 0.0725. The van der Waals surface area contributed by atoms with Crippen LogP contribution in [0.5, 0.6) is 0 Å². The van der Waals surface area contributed by atoms with Gasteiger partial charge in [0.15, 0.2) is 0 Å². The second-order valence-corrected chi connectivity index (χ2v) is 4.92. The average molecular weight is 269 g/mol. The molecule has 0 aliphatic carbocycles. The van der Waals surface area contributed by atoms with Gasteiger partial charge >= 0.3 is 0 Å². The van der Waals surface area contributed by atoms with Gasteiger partial charge in [-0.25, -0.2) is 0 Å². The fourth-order valence-corrected chi connectivity index (χ4v) is 1.67. The van der Waals surface area contributed by atoms with Crippen LogP contribution in [0.25, 0.3) is 6.08 Å². The number of benzene rings is 1. The van der Waals surface area contributed by atoms with Gasteiger partial charge in [-0.3, -0.25) is 10.1 Å². The molecule has 0 heterocycles. The van der Waals surface area contributed by atoms with E-state index < -0.39 is 4.92 Å². The zero-order valence-corrected chi connectivity index (χ0v) is 11.5. The Morgan fingerprint density at radius 3 is 2.78 bits per heavy atom. The molecule has 0 fully saturated rings. The monoisotopic (exact) mass is 268 g/mol. The van der Waals surface area contributed by atoms with Gasteiger partial charge in [-0.05, 0) is 25.1 Å². The maximum absolute atomic E-state index is 10.9. The van der Waals surface area contributed by atoms with E-state index in [0.717, 1.165) is 5.57 Å². The van der Waals surface area contributed by atoms with Crippen molar-refractivity contribution in [3.05, 3.63) is 44.5 Å². The minimum atomic E-state index is -0.398. The summed E-state index contributed by atoms with van der Waals surface area (Å²) in [5.41, 5.74) is 1.63. The summed E-state index contributed by atoms with van der Waals surface area (Å²) in [7, 11) is 0. The summed E-state index contributed by atoms with van der Waals surface area (Å²) in [4.78, 5) is 10.5. The number of nitrogens with zero attached hydrogens (tertiary/aromatic N) is 1. The van der Waals surface area contributed by atoms with Gasteiger partial charge in [0.05, 0.1) is 10.5 Å². The molecule has 0 saturated heterocycles. The van der Waals surface area contributed by atoms with Crippen LogP contribution in [-0.2, 0) is 0 Å². The van der Waals surface area contributed by atoms with Gasteiger partial charge in [-0.2, -0.15) is 0 Å². The van der Waals surface area contributed by atoms with E-state index in [2.05, 4.69) is 19.2 Å². The second kappa shape index (κ2) is 6.52. The molecule has 0 spiro atoms. The van der Waals surface area contributed by atoms with Crippen molar-refractivity contribution in [3.63, 3.8) is 0 Å². The first kappa shape index (κ1) is 14.7. The van der Waals surface area contributed by atoms with Gasteiger partial charge in [0.25, 0.3) is 5.69 Å². The molecule has 0 bridgehead atoms. The lowest BCUT2D eigenvalue weighted by Crippen LogP contribution is -2.24. The van der Waals surface area contributed by atoms with Gasteiger partial charge in [0, 0.05) is 23.7 Å². The van der Waals surface area contributed by atoms with Crippen molar-refractivity contribution in [3.8, 4) is 0 Å². The highest BCUT2D eigenvalue weighted by Gasteiger charge is 2.12. The zero-order chi connectivity index (χ0) is 13.7. The van der Waals surface area contributed by atoms with Crippen LogP contribution in [-0.4, -0.2) is 17.5 Å². The number of rotatable bonds is 5. The van der Waals surface area contributed by atoms with Crippen LogP contribution in [0.1, 0.15) is 26.3 Å². The van der Waals surface area contributed by atoms with E-state index in [1.165, 1.54) is 12.1 Å². The Morgan fingerprint density at radius 2 is 2.22 bits per heavy atom. The molecular weight excluding hydrogens is 252 g/mol. The van der Waals surface area contributed by atoms with Crippen LogP contribution >= 0.6 is 11.6 Å². The molecule has 0 radical (unpaired) electrons. The molecule has 0 unspecified atom stereocenters. The summed E-state index contributed by atoms with van der Waals surface area (Å²) in [5, 5.41) is 14.7. The second-order valence-electron chi connectivity index (χ2n) is 4.49. The van der Waals surface area contributed by atoms with Crippen molar-refractivity contribution in [2.75, 3.05) is 6.54 Å². The van der Waals surface area contributed by atoms with Crippen LogP contribution in [0, 0.1) is 10.1 Å². The van der Waals surface area contributed by atoms with Crippen molar-refractivity contribution in [2.45, 2.75) is 26.8 Å². The van der Waals surface area contributed by atoms with Crippen molar-refractivity contribution >= 4 is 23.4 Å². The van der Waals surface area contributed by atoms with Crippen LogP contribution in [0.2, 0.25) is 5.02 Å². The number of hydrogen-bond acceptors (Lipinski definition) is 3. The molecule has 1 aromatic carbocycles. The number of nitro benzene ring substituents is 1. The Bertz CT molecular complexity index is 470. The summed E-state index contributed by atoms with van der Waals surface area (Å²) >= 11 is 5.86. The molecule has 18 heavy (non-hydrogen) atoms. The van der Waals surface area contributed by atoms with E-state index in [4.69, 9.17) is 11.6 Å². The van der Waals surface area contributed by atoms with E-state index in [-0.39, 0.29) is 5.69 Å². The molecule has 1 aromatic rings. The molecule has 1 N–H and O–H groups in total. The van der Waals surface area contributed by atoms with Crippen molar-refractivity contribution in [1.29, 1.82) is 0 Å². The van der Waals surface area contributed by atoms with Crippen LogP contribution in [0.15, 0.2) is 23.8 Å². The Balaban J connectivity index is 2.97. The normalized spacial score (nSPS) is 11.9. The van der Waals surface area contributed by atoms with Gasteiger partial charge < -0.3 is 5.32 Å². The van der Waals surface area contributed by atoms with E-state index in [1.54, 1.807) is 12.1 Å².